The Balaban J connectivity index is 1.59. The third-order valence-electron chi connectivity index (χ3n) is 5.09. The van der Waals surface area contributed by atoms with E-state index in [1.807, 2.05) is 73.0 Å². The van der Waals surface area contributed by atoms with E-state index >= 15 is 0 Å². The fourth-order valence-corrected chi connectivity index (χ4v) is 3.78. The van der Waals surface area contributed by atoms with Crippen molar-refractivity contribution in [2.75, 3.05) is 5.32 Å². The predicted octanol–water partition coefficient (Wildman–Crippen LogP) is 5.18. The van der Waals surface area contributed by atoms with E-state index in [1.165, 1.54) is 5.56 Å². The topological polar surface area (TPSA) is 56.2 Å². The van der Waals surface area contributed by atoms with Crippen molar-refractivity contribution in [1.82, 2.24) is 9.55 Å². The predicted molar refractivity (Wildman–Crippen MR) is 120 cm³/mol. The van der Waals surface area contributed by atoms with Crippen LogP contribution >= 0.6 is 0 Å². The number of hydrogen-bond acceptors (Lipinski definition) is 3. The number of nitrogens with zero attached hydrogens (tertiary/aromatic N) is 2. The van der Waals surface area contributed by atoms with Gasteiger partial charge in [-0.25, -0.2) is 4.98 Å². The van der Waals surface area contributed by atoms with Crippen molar-refractivity contribution >= 4 is 22.6 Å². The van der Waals surface area contributed by atoms with Crippen molar-refractivity contribution in [3.63, 3.8) is 0 Å². The summed E-state index contributed by atoms with van der Waals surface area (Å²) < 4.78 is 7.82. The van der Waals surface area contributed by atoms with Gasteiger partial charge in [-0.1, -0.05) is 48.0 Å². The van der Waals surface area contributed by atoms with E-state index in [4.69, 9.17) is 9.72 Å². The van der Waals surface area contributed by atoms with Gasteiger partial charge in [0, 0.05) is 5.69 Å². The molecule has 0 radical (unpaired) electrons. The summed E-state index contributed by atoms with van der Waals surface area (Å²) in [5.41, 5.74) is 5.94. The molecule has 3 aromatic carbocycles. The van der Waals surface area contributed by atoms with Gasteiger partial charge in [0.05, 0.1) is 11.0 Å². The molecule has 1 N–H and O–H groups in total. The van der Waals surface area contributed by atoms with E-state index in [2.05, 4.69) is 24.4 Å². The van der Waals surface area contributed by atoms with Gasteiger partial charge in [0.2, 0.25) is 5.91 Å². The van der Waals surface area contributed by atoms with E-state index < -0.39 is 0 Å². The number of anilines is 1. The average molecular weight is 399 g/mol. The molecule has 5 nitrogen and oxygen atoms in total. The van der Waals surface area contributed by atoms with E-state index in [0.29, 0.717) is 5.82 Å². The number of imidazole rings is 1. The fraction of sp³-hybridized carbons (Fsp3) is 0.200. The number of fused-ring (bicyclic) bond motifs is 1. The van der Waals surface area contributed by atoms with Gasteiger partial charge in [-0.3, -0.25) is 4.79 Å². The molecule has 0 spiro atoms. The standard InChI is InChI=1S/C25H25N3O2/c1-17-13-18(2)25(19(3)14-17)27-24(29)15-28-22-12-8-7-11-21(22)26-23(28)16-30-20-9-5-4-6-10-20/h4-14H,15-16H2,1-3H3,(H,27,29). The van der Waals surface area contributed by atoms with Crippen molar-refractivity contribution in [2.24, 2.45) is 0 Å². The van der Waals surface area contributed by atoms with Crippen LogP contribution in [0.2, 0.25) is 0 Å². The summed E-state index contributed by atoms with van der Waals surface area (Å²) in [5, 5.41) is 3.08. The maximum absolute atomic E-state index is 12.9. The minimum Gasteiger partial charge on any atom is -0.486 e. The summed E-state index contributed by atoms with van der Waals surface area (Å²) in [5.74, 6) is 1.40. The quantitative estimate of drug-likeness (QED) is 0.486. The number of amides is 1. The minimum atomic E-state index is -0.0887. The fourth-order valence-electron chi connectivity index (χ4n) is 3.78. The van der Waals surface area contributed by atoms with E-state index in [-0.39, 0.29) is 19.1 Å². The van der Waals surface area contributed by atoms with Gasteiger partial charge in [-0.15, -0.1) is 0 Å². The van der Waals surface area contributed by atoms with Crippen LogP contribution < -0.4 is 10.1 Å². The van der Waals surface area contributed by atoms with Crippen molar-refractivity contribution in [2.45, 2.75) is 33.9 Å². The summed E-state index contributed by atoms with van der Waals surface area (Å²) >= 11 is 0. The first-order chi connectivity index (χ1) is 14.5. The number of carbonyl (C=O) groups is 1. The zero-order chi connectivity index (χ0) is 21.1. The third-order valence-corrected chi connectivity index (χ3v) is 5.09. The lowest BCUT2D eigenvalue weighted by Gasteiger charge is -2.14. The highest BCUT2D eigenvalue weighted by atomic mass is 16.5. The van der Waals surface area contributed by atoms with Gasteiger partial charge in [0.15, 0.2) is 0 Å². The monoisotopic (exact) mass is 399 g/mol. The number of benzene rings is 3. The molecule has 0 bridgehead atoms. The van der Waals surface area contributed by atoms with Crippen LogP contribution in [0.5, 0.6) is 5.75 Å². The highest BCUT2D eigenvalue weighted by molar-refractivity contribution is 5.93. The Morgan fingerprint density at radius 1 is 0.967 bits per heavy atom. The van der Waals surface area contributed by atoms with Crippen molar-refractivity contribution in [3.8, 4) is 5.75 Å². The maximum atomic E-state index is 12.9. The molecule has 0 saturated heterocycles. The molecule has 0 unspecified atom stereocenters. The Kier molecular flexibility index (Phi) is 5.53. The molecule has 0 aliphatic heterocycles. The Labute approximate surface area is 176 Å². The van der Waals surface area contributed by atoms with Crippen LogP contribution in [0.25, 0.3) is 11.0 Å². The Morgan fingerprint density at radius 2 is 1.63 bits per heavy atom. The Morgan fingerprint density at radius 3 is 2.37 bits per heavy atom. The first-order valence-electron chi connectivity index (χ1n) is 10.0. The first kappa shape index (κ1) is 19.7. The number of hydrogen-bond donors (Lipinski definition) is 1. The molecule has 5 heteroatoms. The lowest BCUT2D eigenvalue weighted by molar-refractivity contribution is -0.116. The van der Waals surface area contributed by atoms with Gasteiger partial charge in [0.25, 0.3) is 0 Å². The molecule has 1 aromatic heterocycles. The summed E-state index contributed by atoms with van der Waals surface area (Å²) in [6, 6.07) is 21.6. The summed E-state index contributed by atoms with van der Waals surface area (Å²) in [6.07, 6.45) is 0. The highest BCUT2D eigenvalue weighted by Gasteiger charge is 2.15. The van der Waals surface area contributed by atoms with Crippen LogP contribution in [0.4, 0.5) is 5.69 Å². The molecule has 0 saturated carbocycles. The lowest BCUT2D eigenvalue weighted by Crippen LogP contribution is -2.21. The molecule has 1 heterocycles. The van der Waals surface area contributed by atoms with Gasteiger partial charge < -0.3 is 14.6 Å². The summed E-state index contributed by atoms with van der Waals surface area (Å²) in [4.78, 5) is 17.6. The van der Waals surface area contributed by atoms with Crippen molar-refractivity contribution in [1.29, 1.82) is 0 Å². The van der Waals surface area contributed by atoms with Gasteiger partial charge in [-0.05, 0) is 56.2 Å². The normalized spacial score (nSPS) is 10.9. The van der Waals surface area contributed by atoms with Gasteiger partial charge >= 0.3 is 0 Å². The van der Waals surface area contributed by atoms with Crippen LogP contribution in [0.3, 0.4) is 0 Å². The molecule has 0 aliphatic carbocycles. The Hall–Kier alpha value is -3.60. The second-order valence-electron chi connectivity index (χ2n) is 7.53. The van der Waals surface area contributed by atoms with E-state index in [9.17, 15) is 4.79 Å². The number of para-hydroxylation sites is 3. The number of ether oxygens (including phenoxy) is 1. The first-order valence-corrected chi connectivity index (χ1v) is 10.0. The summed E-state index contributed by atoms with van der Waals surface area (Å²) in [6.45, 7) is 6.54. The van der Waals surface area contributed by atoms with Crippen molar-refractivity contribution < 1.29 is 9.53 Å². The number of carbonyl (C=O) groups excluding carboxylic acids is 1. The minimum absolute atomic E-state index is 0.0887. The van der Waals surface area contributed by atoms with Gasteiger partial charge in [-0.2, -0.15) is 0 Å². The van der Waals surface area contributed by atoms with E-state index in [0.717, 1.165) is 33.6 Å². The molecule has 152 valence electrons. The largest absolute Gasteiger partial charge is 0.486 e. The smallest absolute Gasteiger partial charge is 0.244 e. The highest BCUT2D eigenvalue weighted by Crippen LogP contribution is 2.23. The molecular formula is C25H25N3O2. The van der Waals surface area contributed by atoms with Crippen LogP contribution in [0.15, 0.2) is 66.7 Å². The SMILES string of the molecule is Cc1cc(C)c(NC(=O)Cn2c(COc3ccccc3)nc3ccccc32)c(C)c1. The molecule has 0 fully saturated rings. The zero-order valence-electron chi connectivity index (χ0n) is 17.5. The van der Waals surface area contributed by atoms with Crippen LogP contribution in [0, 0.1) is 20.8 Å². The maximum Gasteiger partial charge on any atom is 0.244 e. The van der Waals surface area contributed by atoms with Crippen LogP contribution in [-0.4, -0.2) is 15.5 Å². The number of nitrogens with one attached hydrogen (secondary N) is 1. The zero-order valence-corrected chi connectivity index (χ0v) is 17.5. The second kappa shape index (κ2) is 8.41. The third kappa shape index (κ3) is 4.20. The van der Waals surface area contributed by atoms with Crippen molar-refractivity contribution in [3.05, 3.63) is 89.2 Å². The lowest BCUT2D eigenvalue weighted by atomic mass is 10.1. The van der Waals surface area contributed by atoms with Gasteiger partial charge in [0.1, 0.15) is 24.7 Å². The molecule has 4 aromatic rings. The second-order valence-corrected chi connectivity index (χ2v) is 7.53. The molecule has 30 heavy (non-hydrogen) atoms. The average Bonchev–Trinajstić information content (AvgIpc) is 3.07. The summed E-state index contributed by atoms with van der Waals surface area (Å²) in [7, 11) is 0. The molecule has 0 atom stereocenters. The molecule has 0 aliphatic rings. The molecular weight excluding hydrogens is 374 g/mol. The molecule has 4 rings (SSSR count). The number of rotatable bonds is 6. The Bertz CT molecular complexity index is 1170. The van der Waals surface area contributed by atoms with Crippen LogP contribution in [-0.2, 0) is 17.9 Å². The number of aromatic nitrogens is 2. The van der Waals surface area contributed by atoms with E-state index in [1.54, 1.807) is 0 Å². The number of aryl methyl sites for hydroxylation is 3. The van der Waals surface area contributed by atoms with Crippen LogP contribution in [0.1, 0.15) is 22.5 Å². The molecule has 1 amide bonds.